The molecule has 0 bridgehead atoms. The molecule has 0 saturated carbocycles. The minimum Gasteiger partial charge on any atom is -0.487 e. The first-order valence-electron chi connectivity index (χ1n) is 14.8. The van der Waals surface area contributed by atoms with Crippen LogP contribution >= 0.6 is 23.2 Å². The fraction of sp³-hybridized carbons (Fsp3) is 0.257. The first-order chi connectivity index (χ1) is 21.7. The molecule has 1 saturated heterocycles. The van der Waals surface area contributed by atoms with Crippen LogP contribution in [0.5, 0.6) is 5.75 Å². The Morgan fingerprint density at radius 2 is 1.84 bits per heavy atom. The number of anilines is 1. The molecule has 5 rings (SSSR count). The quantitative estimate of drug-likeness (QED) is 0.150. The van der Waals surface area contributed by atoms with Crippen molar-refractivity contribution < 1.29 is 19.1 Å². The van der Waals surface area contributed by atoms with E-state index in [-0.39, 0.29) is 35.9 Å². The zero-order valence-corrected chi connectivity index (χ0v) is 26.6. The van der Waals surface area contributed by atoms with E-state index in [0.717, 1.165) is 48.0 Å². The molecule has 232 valence electrons. The number of hydrogen-bond donors (Lipinski definition) is 2. The van der Waals surface area contributed by atoms with Crippen LogP contribution in [0.15, 0.2) is 72.8 Å². The lowest BCUT2D eigenvalue weighted by Gasteiger charge is -2.22. The number of carbonyl (C=O) groups is 3. The lowest BCUT2D eigenvalue weighted by atomic mass is 9.96. The Balaban J connectivity index is 1.17. The first kappa shape index (κ1) is 32.2. The maximum absolute atomic E-state index is 13.0. The van der Waals surface area contributed by atoms with Crippen LogP contribution < -0.4 is 20.3 Å². The summed E-state index contributed by atoms with van der Waals surface area (Å²) in [5.74, 6) is -0.127. The van der Waals surface area contributed by atoms with Gasteiger partial charge in [0.25, 0.3) is 0 Å². The predicted molar refractivity (Wildman–Crippen MR) is 179 cm³/mol. The van der Waals surface area contributed by atoms with Crippen LogP contribution in [0.1, 0.15) is 46.4 Å². The Kier molecular flexibility index (Phi) is 10.5. The maximum atomic E-state index is 13.0. The molecule has 8 nitrogen and oxygen atoms in total. The van der Waals surface area contributed by atoms with E-state index in [0.29, 0.717) is 27.6 Å². The van der Waals surface area contributed by atoms with Crippen molar-refractivity contribution >= 4 is 63.5 Å². The van der Waals surface area contributed by atoms with Crippen molar-refractivity contribution in [3.8, 4) is 5.75 Å². The molecule has 1 aliphatic rings. The summed E-state index contributed by atoms with van der Waals surface area (Å²) in [4.78, 5) is 44.1. The van der Waals surface area contributed by atoms with Crippen LogP contribution in [0, 0.1) is 6.92 Å². The summed E-state index contributed by atoms with van der Waals surface area (Å²) in [6, 6.07) is 19.9. The molecular weight excluding hydrogens is 611 g/mol. The Hall–Kier alpha value is -4.24. The van der Waals surface area contributed by atoms with E-state index in [4.69, 9.17) is 27.9 Å². The summed E-state index contributed by atoms with van der Waals surface area (Å²) < 4.78 is 6.09. The number of benzene rings is 3. The van der Waals surface area contributed by atoms with Crippen LogP contribution in [-0.4, -0.2) is 48.8 Å². The SMILES string of the molecule is Cc1ccc2cccc(OCc3c(Cl)ccc(N(C)C(=O)CNC(=O)C=Cc4ccc(C(=O)C5CCCCN5)cc4)c3Cl)c2n1. The number of para-hydroxylation sites is 1. The number of halogens is 2. The van der Waals surface area contributed by atoms with Gasteiger partial charge in [0.05, 0.1) is 23.3 Å². The number of nitrogens with one attached hydrogen (secondary N) is 2. The number of nitrogens with zero attached hydrogens (tertiary/aromatic N) is 2. The second-order valence-corrected chi connectivity index (χ2v) is 11.7. The van der Waals surface area contributed by atoms with Crippen LogP contribution in [0.4, 0.5) is 5.69 Å². The number of pyridine rings is 1. The molecule has 3 aromatic carbocycles. The van der Waals surface area contributed by atoms with E-state index in [2.05, 4.69) is 15.6 Å². The fourth-order valence-electron chi connectivity index (χ4n) is 5.14. The van der Waals surface area contributed by atoms with E-state index >= 15 is 0 Å². The number of amides is 2. The molecule has 45 heavy (non-hydrogen) atoms. The number of ether oxygens (including phenoxy) is 1. The van der Waals surface area contributed by atoms with Gasteiger partial charge in [-0.05, 0) is 62.2 Å². The second kappa shape index (κ2) is 14.7. The van der Waals surface area contributed by atoms with Gasteiger partial charge in [0.1, 0.15) is 17.9 Å². The summed E-state index contributed by atoms with van der Waals surface area (Å²) in [6.45, 7) is 2.60. The van der Waals surface area contributed by atoms with Gasteiger partial charge in [-0.15, -0.1) is 0 Å². The van der Waals surface area contributed by atoms with Crippen molar-refractivity contribution in [3.05, 3.63) is 105 Å². The van der Waals surface area contributed by atoms with E-state index < -0.39 is 5.91 Å². The van der Waals surface area contributed by atoms with E-state index in [1.807, 2.05) is 37.3 Å². The zero-order valence-electron chi connectivity index (χ0n) is 25.1. The highest BCUT2D eigenvalue weighted by molar-refractivity contribution is 6.38. The third-order valence-electron chi connectivity index (χ3n) is 7.76. The number of fused-ring (bicyclic) bond motifs is 1. The Bertz CT molecular complexity index is 1750. The van der Waals surface area contributed by atoms with Crippen molar-refractivity contribution in [2.75, 3.05) is 25.0 Å². The predicted octanol–water partition coefficient (Wildman–Crippen LogP) is 6.55. The number of hydrogen-bond acceptors (Lipinski definition) is 6. The molecular formula is C35H34Cl2N4O4. The van der Waals surface area contributed by atoms with Gasteiger partial charge in [-0.2, -0.15) is 0 Å². The number of likely N-dealkylation sites (N-methyl/N-ethyl adjacent to an activating group) is 1. The molecule has 1 aliphatic heterocycles. The van der Waals surface area contributed by atoms with Crippen LogP contribution in [-0.2, 0) is 16.2 Å². The number of aryl methyl sites for hydroxylation is 1. The Labute approximate surface area is 272 Å². The molecule has 2 N–H and O–H groups in total. The average Bonchev–Trinajstić information content (AvgIpc) is 3.06. The van der Waals surface area contributed by atoms with Gasteiger partial charge in [0.2, 0.25) is 11.8 Å². The first-order valence-corrected chi connectivity index (χ1v) is 15.5. The lowest BCUT2D eigenvalue weighted by Crippen LogP contribution is -2.40. The normalized spacial score (nSPS) is 14.8. The lowest BCUT2D eigenvalue weighted by molar-refractivity contribution is -0.122. The Morgan fingerprint density at radius 3 is 2.60 bits per heavy atom. The van der Waals surface area contributed by atoms with Gasteiger partial charge in [-0.25, -0.2) is 4.98 Å². The summed E-state index contributed by atoms with van der Waals surface area (Å²) >= 11 is 13.2. The molecule has 0 aliphatic carbocycles. The van der Waals surface area contributed by atoms with Crippen molar-refractivity contribution in [2.45, 2.75) is 38.8 Å². The van der Waals surface area contributed by atoms with Crippen molar-refractivity contribution in [1.29, 1.82) is 0 Å². The fourth-order valence-corrected chi connectivity index (χ4v) is 5.75. The number of piperidine rings is 1. The molecule has 0 spiro atoms. The van der Waals surface area contributed by atoms with Crippen LogP contribution in [0.2, 0.25) is 10.0 Å². The number of carbonyl (C=O) groups excluding carboxylic acids is 3. The molecule has 4 aromatic rings. The molecule has 2 amide bonds. The summed E-state index contributed by atoms with van der Waals surface area (Å²) in [6.07, 6.45) is 5.96. The third kappa shape index (κ3) is 7.89. The second-order valence-electron chi connectivity index (χ2n) is 10.9. The summed E-state index contributed by atoms with van der Waals surface area (Å²) in [5.41, 5.74) is 3.96. The maximum Gasteiger partial charge on any atom is 0.246 e. The summed E-state index contributed by atoms with van der Waals surface area (Å²) in [5, 5.41) is 7.50. The van der Waals surface area contributed by atoms with Crippen LogP contribution in [0.25, 0.3) is 17.0 Å². The topological polar surface area (TPSA) is 101 Å². The molecule has 1 unspecified atom stereocenters. The van der Waals surface area contributed by atoms with E-state index in [1.54, 1.807) is 49.5 Å². The Morgan fingerprint density at radius 1 is 1.04 bits per heavy atom. The number of aromatic nitrogens is 1. The van der Waals surface area contributed by atoms with Gasteiger partial charge < -0.3 is 20.3 Å². The highest BCUT2D eigenvalue weighted by Gasteiger charge is 2.22. The van der Waals surface area contributed by atoms with Gasteiger partial charge in [0, 0.05) is 40.4 Å². The zero-order chi connectivity index (χ0) is 31.9. The monoisotopic (exact) mass is 644 g/mol. The highest BCUT2D eigenvalue weighted by Crippen LogP contribution is 2.35. The standard InChI is InChI=1S/C35H34Cl2N4O4/c1-22-9-13-24-6-5-8-30(34(24)40-22)45-21-26-27(36)16-17-29(33(26)37)41(2)32(43)20-39-31(42)18-12-23-10-14-25(15-11-23)35(44)28-7-3-4-19-38-28/h5-6,8-18,28,38H,3-4,7,19-21H2,1-2H3,(H,39,42). The van der Waals surface area contributed by atoms with Gasteiger partial charge in [0.15, 0.2) is 5.78 Å². The van der Waals surface area contributed by atoms with Crippen molar-refractivity contribution in [1.82, 2.24) is 15.6 Å². The number of rotatable bonds is 10. The van der Waals surface area contributed by atoms with E-state index in [1.165, 1.54) is 11.0 Å². The molecule has 2 heterocycles. The molecule has 1 atom stereocenters. The van der Waals surface area contributed by atoms with Crippen LogP contribution in [0.3, 0.4) is 0 Å². The van der Waals surface area contributed by atoms with Gasteiger partial charge in [-0.3, -0.25) is 14.4 Å². The molecule has 1 fully saturated rings. The largest absolute Gasteiger partial charge is 0.487 e. The molecule has 0 radical (unpaired) electrons. The van der Waals surface area contributed by atoms with Gasteiger partial charge in [-0.1, -0.05) is 72.1 Å². The molecule has 1 aromatic heterocycles. The smallest absolute Gasteiger partial charge is 0.246 e. The number of Topliss-reactive ketones (excluding diaryl/α,β-unsaturated/α-hetero) is 1. The summed E-state index contributed by atoms with van der Waals surface area (Å²) in [7, 11) is 1.58. The minimum absolute atomic E-state index is 0.0659. The van der Waals surface area contributed by atoms with E-state index in [9.17, 15) is 14.4 Å². The van der Waals surface area contributed by atoms with Crippen molar-refractivity contribution in [3.63, 3.8) is 0 Å². The van der Waals surface area contributed by atoms with Gasteiger partial charge >= 0.3 is 0 Å². The van der Waals surface area contributed by atoms with Crippen molar-refractivity contribution in [2.24, 2.45) is 0 Å². The highest BCUT2D eigenvalue weighted by atomic mass is 35.5. The number of ketones is 1. The third-order valence-corrected chi connectivity index (χ3v) is 8.53. The minimum atomic E-state index is -0.432. The molecule has 10 heteroatoms. The average molecular weight is 646 g/mol.